The molecule has 1 aliphatic carbocycles. The van der Waals surface area contributed by atoms with E-state index in [4.69, 9.17) is 21.1 Å². The minimum atomic E-state index is -0.483. The van der Waals surface area contributed by atoms with E-state index in [1.54, 1.807) is 14.2 Å². The molecule has 0 spiro atoms. The van der Waals surface area contributed by atoms with E-state index < -0.39 is 5.79 Å². The highest BCUT2D eigenvalue weighted by molar-refractivity contribution is 6.33. The van der Waals surface area contributed by atoms with Crippen LogP contribution in [-0.2, 0) is 28.0 Å². The third-order valence-corrected chi connectivity index (χ3v) is 7.29. The van der Waals surface area contributed by atoms with Crippen molar-refractivity contribution in [3.8, 4) is 0 Å². The smallest absolute Gasteiger partial charge is 0.169 e. The molecular weight excluding hydrogens is 418 g/mol. The van der Waals surface area contributed by atoms with Crippen LogP contribution < -0.4 is 4.90 Å². The zero-order chi connectivity index (χ0) is 22.6. The summed E-state index contributed by atoms with van der Waals surface area (Å²) >= 11 is 6.80. The quantitative estimate of drug-likeness (QED) is 0.329. The number of methoxy groups -OCH3 is 2. The van der Waals surface area contributed by atoms with Gasteiger partial charge in [0.1, 0.15) is 0 Å². The molecule has 4 heteroatoms. The van der Waals surface area contributed by atoms with Crippen LogP contribution in [0.25, 0.3) is 0 Å². The molecule has 3 nitrogen and oxygen atoms in total. The number of anilines is 1. The molecular formula is C28H32ClNO2. The number of ether oxygens (including phenoxy) is 2. The molecule has 0 heterocycles. The van der Waals surface area contributed by atoms with Gasteiger partial charge in [0.05, 0.1) is 10.7 Å². The summed E-state index contributed by atoms with van der Waals surface area (Å²) in [7, 11) is 3.47. The summed E-state index contributed by atoms with van der Waals surface area (Å²) in [5.41, 5.74) is 4.93. The Hall–Kier alpha value is -2.33. The van der Waals surface area contributed by atoms with E-state index in [0.717, 1.165) is 43.1 Å². The Morgan fingerprint density at radius 1 is 0.812 bits per heavy atom. The van der Waals surface area contributed by atoms with Gasteiger partial charge in [-0.1, -0.05) is 85.3 Å². The van der Waals surface area contributed by atoms with Crippen LogP contribution in [0.4, 0.5) is 5.69 Å². The second-order valence-corrected chi connectivity index (χ2v) is 9.21. The Labute approximate surface area is 196 Å². The maximum atomic E-state index is 6.80. The highest BCUT2D eigenvalue weighted by Gasteiger charge is 2.55. The summed E-state index contributed by atoms with van der Waals surface area (Å²) < 4.78 is 11.4. The van der Waals surface area contributed by atoms with E-state index in [1.807, 2.05) is 6.07 Å². The van der Waals surface area contributed by atoms with E-state index in [2.05, 4.69) is 84.6 Å². The first-order valence-corrected chi connectivity index (χ1v) is 11.6. The summed E-state index contributed by atoms with van der Waals surface area (Å²) in [4.78, 5) is 2.37. The largest absolute Gasteiger partial charge is 0.362 e. The second-order valence-electron chi connectivity index (χ2n) is 8.80. The first-order chi connectivity index (χ1) is 15.5. The number of hydrogen-bond donors (Lipinski definition) is 0. The molecule has 3 aromatic rings. The van der Waals surface area contributed by atoms with Gasteiger partial charge in [0.25, 0.3) is 0 Å². The molecule has 32 heavy (non-hydrogen) atoms. The molecule has 0 aromatic heterocycles. The fraction of sp³-hybridized carbons (Fsp3) is 0.357. The van der Waals surface area contributed by atoms with Crippen molar-refractivity contribution in [3.63, 3.8) is 0 Å². The fourth-order valence-electron chi connectivity index (χ4n) is 4.93. The average Bonchev–Trinajstić information content (AvgIpc) is 2.81. The lowest BCUT2D eigenvalue weighted by Crippen LogP contribution is -2.56. The van der Waals surface area contributed by atoms with Crippen LogP contribution in [0.3, 0.4) is 0 Å². The summed E-state index contributed by atoms with van der Waals surface area (Å²) in [5.74, 6) is -0.483. The Balaban J connectivity index is 1.69. The van der Waals surface area contributed by atoms with Crippen LogP contribution >= 0.6 is 11.6 Å². The molecule has 1 aliphatic rings. The number of hydrogen-bond acceptors (Lipinski definition) is 3. The predicted molar refractivity (Wildman–Crippen MR) is 132 cm³/mol. The Bertz CT molecular complexity index is 969. The molecule has 168 valence electrons. The van der Waals surface area contributed by atoms with Crippen LogP contribution in [0.2, 0.25) is 5.02 Å². The lowest BCUT2D eigenvalue weighted by Gasteiger charge is -2.54. The molecule has 1 fully saturated rings. The predicted octanol–water partition coefficient (Wildman–Crippen LogP) is 6.98. The van der Waals surface area contributed by atoms with Gasteiger partial charge in [-0.2, -0.15) is 0 Å². The summed E-state index contributed by atoms with van der Waals surface area (Å²) in [6.07, 6.45) is 2.73. The molecule has 0 N–H and O–H groups in total. The van der Waals surface area contributed by atoms with Gasteiger partial charge in [-0.3, -0.25) is 0 Å². The summed E-state index contributed by atoms with van der Waals surface area (Å²) in [5, 5.41) is 0.774. The van der Waals surface area contributed by atoms with Crippen LogP contribution in [0, 0.1) is 0 Å². The molecule has 1 saturated carbocycles. The average molecular weight is 450 g/mol. The van der Waals surface area contributed by atoms with Crippen molar-refractivity contribution < 1.29 is 9.47 Å². The number of rotatable bonds is 9. The molecule has 0 aliphatic heterocycles. The molecule has 0 amide bonds. The normalized spacial score (nSPS) is 16.4. The van der Waals surface area contributed by atoms with Gasteiger partial charge < -0.3 is 14.4 Å². The van der Waals surface area contributed by atoms with E-state index in [9.17, 15) is 0 Å². The first-order valence-electron chi connectivity index (χ1n) is 11.3. The van der Waals surface area contributed by atoms with Gasteiger partial charge in [-0.15, -0.1) is 0 Å². The molecule has 0 atom stereocenters. The molecule has 3 aromatic carbocycles. The van der Waals surface area contributed by atoms with Gasteiger partial charge in [-0.05, 0) is 35.2 Å². The van der Waals surface area contributed by atoms with Gasteiger partial charge in [0.2, 0.25) is 0 Å². The zero-order valence-corrected chi connectivity index (χ0v) is 19.9. The molecule has 0 radical (unpaired) electrons. The van der Waals surface area contributed by atoms with E-state index in [1.165, 1.54) is 16.7 Å². The van der Waals surface area contributed by atoms with E-state index in [-0.39, 0.29) is 5.41 Å². The molecule has 0 unspecified atom stereocenters. The van der Waals surface area contributed by atoms with Gasteiger partial charge >= 0.3 is 0 Å². The first kappa shape index (κ1) is 22.8. The van der Waals surface area contributed by atoms with Crippen molar-refractivity contribution in [3.05, 3.63) is 101 Å². The van der Waals surface area contributed by atoms with E-state index >= 15 is 0 Å². The standard InChI is InChI=1S/C28H32ClNO2/c1-4-27(20-28(21-27,31-2)32-3)24-15-16-25(29)26(17-24)30(18-22-11-7-5-8-12-22)19-23-13-9-6-10-14-23/h5-17H,4,18-21H2,1-3H3. The van der Waals surface area contributed by atoms with Crippen molar-refractivity contribution in [2.24, 2.45) is 0 Å². The van der Waals surface area contributed by atoms with Crippen LogP contribution in [0.1, 0.15) is 42.9 Å². The summed E-state index contributed by atoms with van der Waals surface area (Å²) in [6, 6.07) is 27.6. The highest BCUT2D eigenvalue weighted by Crippen LogP contribution is 2.55. The van der Waals surface area contributed by atoms with Crippen molar-refractivity contribution in [2.75, 3.05) is 19.1 Å². The second kappa shape index (κ2) is 9.66. The maximum Gasteiger partial charge on any atom is 0.169 e. The van der Waals surface area contributed by atoms with Crippen LogP contribution in [0.15, 0.2) is 78.9 Å². The minimum absolute atomic E-state index is 0.0382. The molecule has 0 bridgehead atoms. The highest BCUT2D eigenvalue weighted by atomic mass is 35.5. The fourth-order valence-corrected chi connectivity index (χ4v) is 5.17. The lowest BCUT2D eigenvalue weighted by atomic mass is 9.59. The monoisotopic (exact) mass is 449 g/mol. The van der Waals surface area contributed by atoms with Gasteiger partial charge in [0, 0.05) is 45.6 Å². The van der Waals surface area contributed by atoms with E-state index in [0.29, 0.717) is 0 Å². The van der Waals surface area contributed by atoms with Crippen LogP contribution in [0.5, 0.6) is 0 Å². The maximum absolute atomic E-state index is 6.80. The van der Waals surface area contributed by atoms with Gasteiger partial charge in [0.15, 0.2) is 5.79 Å². The SMILES string of the molecule is CCC1(c2ccc(Cl)c(N(Cc3ccccc3)Cc3ccccc3)c2)CC(OC)(OC)C1. The topological polar surface area (TPSA) is 21.7 Å². The third kappa shape index (κ3) is 4.56. The van der Waals surface area contributed by atoms with Crippen molar-refractivity contribution in [1.29, 1.82) is 0 Å². The van der Waals surface area contributed by atoms with Crippen molar-refractivity contribution in [2.45, 2.75) is 50.5 Å². The molecule has 0 saturated heterocycles. The number of nitrogens with zero attached hydrogens (tertiary/aromatic N) is 1. The zero-order valence-electron chi connectivity index (χ0n) is 19.2. The van der Waals surface area contributed by atoms with Crippen molar-refractivity contribution >= 4 is 17.3 Å². The summed E-state index contributed by atoms with van der Waals surface area (Å²) in [6.45, 7) is 3.82. The lowest BCUT2D eigenvalue weighted by molar-refractivity contribution is -0.279. The third-order valence-electron chi connectivity index (χ3n) is 6.97. The van der Waals surface area contributed by atoms with Gasteiger partial charge in [-0.25, -0.2) is 0 Å². The van der Waals surface area contributed by atoms with Crippen LogP contribution in [-0.4, -0.2) is 20.0 Å². The van der Waals surface area contributed by atoms with Crippen molar-refractivity contribution in [1.82, 2.24) is 0 Å². The Morgan fingerprint density at radius 2 is 1.34 bits per heavy atom. The number of halogens is 1. The minimum Gasteiger partial charge on any atom is -0.362 e. The number of benzene rings is 3. The Morgan fingerprint density at radius 3 is 1.81 bits per heavy atom. The Kier molecular flexibility index (Phi) is 6.90. The molecule has 4 rings (SSSR count).